The van der Waals surface area contributed by atoms with E-state index in [9.17, 15) is 4.79 Å². The van der Waals surface area contributed by atoms with Crippen molar-refractivity contribution in [3.05, 3.63) is 23.7 Å². The Labute approximate surface area is 127 Å². The predicted octanol–water partition coefficient (Wildman–Crippen LogP) is 1.95. The van der Waals surface area contributed by atoms with Gasteiger partial charge in [-0.2, -0.15) is 0 Å². The Bertz CT molecular complexity index is 434. The highest BCUT2D eigenvalue weighted by Gasteiger charge is 2.16. The monoisotopic (exact) mass is 293 g/mol. The molecule has 1 saturated heterocycles. The summed E-state index contributed by atoms with van der Waals surface area (Å²) in [5.74, 6) is 1.18. The van der Waals surface area contributed by atoms with Crippen LogP contribution in [0, 0.1) is 0 Å². The number of nitrogens with zero attached hydrogens (tertiary/aromatic N) is 2. The molecule has 0 aliphatic carbocycles. The molecule has 2 rings (SSSR count). The molecule has 1 fully saturated rings. The summed E-state index contributed by atoms with van der Waals surface area (Å²) in [6.45, 7) is 10.9. The van der Waals surface area contributed by atoms with Crippen molar-refractivity contribution in [2.24, 2.45) is 0 Å². The average molecular weight is 293 g/mol. The van der Waals surface area contributed by atoms with Gasteiger partial charge < -0.3 is 14.6 Å². The highest BCUT2D eigenvalue weighted by atomic mass is 16.4. The van der Waals surface area contributed by atoms with Crippen LogP contribution in [0.25, 0.3) is 0 Å². The maximum atomic E-state index is 12.0. The van der Waals surface area contributed by atoms with E-state index in [4.69, 9.17) is 4.42 Å². The van der Waals surface area contributed by atoms with E-state index in [2.05, 4.69) is 29.0 Å². The number of rotatable bonds is 8. The van der Waals surface area contributed by atoms with E-state index in [1.807, 2.05) is 6.07 Å². The molecule has 0 radical (unpaired) electrons. The van der Waals surface area contributed by atoms with Gasteiger partial charge in [-0.1, -0.05) is 13.8 Å². The van der Waals surface area contributed by atoms with Gasteiger partial charge in [0.15, 0.2) is 5.76 Å². The Balaban J connectivity index is 1.76. The van der Waals surface area contributed by atoms with Gasteiger partial charge in [0.05, 0.1) is 6.54 Å². The molecular formula is C16H27N3O2. The molecule has 5 heteroatoms. The number of carbonyl (C=O) groups is 1. The van der Waals surface area contributed by atoms with Gasteiger partial charge in [-0.25, -0.2) is 0 Å². The van der Waals surface area contributed by atoms with E-state index < -0.39 is 0 Å². The molecule has 1 aliphatic heterocycles. The Hall–Kier alpha value is -1.33. The first-order valence-corrected chi connectivity index (χ1v) is 8.04. The second kappa shape index (κ2) is 8.20. The first-order valence-electron chi connectivity index (χ1n) is 8.04. The molecule has 1 amide bonds. The molecule has 5 nitrogen and oxygen atoms in total. The van der Waals surface area contributed by atoms with E-state index in [1.165, 1.54) is 12.8 Å². The van der Waals surface area contributed by atoms with Crippen LogP contribution in [0.4, 0.5) is 0 Å². The van der Waals surface area contributed by atoms with E-state index in [-0.39, 0.29) is 5.91 Å². The second-order valence-electron chi connectivity index (χ2n) is 5.53. The van der Waals surface area contributed by atoms with Crippen molar-refractivity contribution in [3.8, 4) is 0 Å². The van der Waals surface area contributed by atoms with Crippen molar-refractivity contribution in [2.75, 3.05) is 39.3 Å². The standard InChI is InChI=1S/C16H27N3O2/c1-3-18(4-2)12-9-17-16(20)15-8-7-14(21-15)13-19-10-5-6-11-19/h7-8H,3-6,9-13H2,1-2H3,(H,17,20). The van der Waals surface area contributed by atoms with Crippen LogP contribution in [0.3, 0.4) is 0 Å². The molecule has 1 aliphatic rings. The number of carbonyl (C=O) groups excluding carboxylic acids is 1. The zero-order valence-electron chi connectivity index (χ0n) is 13.2. The highest BCUT2D eigenvalue weighted by Crippen LogP contribution is 2.15. The number of amides is 1. The Morgan fingerprint density at radius 1 is 1.29 bits per heavy atom. The van der Waals surface area contributed by atoms with Crippen molar-refractivity contribution in [1.82, 2.24) is 15.1 Å². The minimum absolute atomic E-state index is 0.116. The summed E-state index contributed by atoms with van der Waals surface area (Å²) in [4.78, 5) is 16.7. The predicted molar refractivity (Wildman–Crippen MR) is 83.3 cm³/mol. The number of likely N-dealkylation sites (tertiary alicyclic amines) is 1. The molecule has 2 heterocycles. The fraction of sp³-hybridized carbons (Fsp3) is 0.688. The van der Waals surface area contributed by atoms with Crippen molar-refractivity contribution >= 4 is 5.91 Å². The van der Waals surface area contributed by atoms with Gasteiger partial charge in [0.1, 0.15) is 5.76 Å². The molecule has 0 aromatic carbocycles. The zero-order chi connectivity index (χ0) is 15.1. The first-order chi connectivity index (χ1) is 10.2. The molecule has 0 spiro atoms. The summed E-state index contributed by atoms with van der Waals surface area (Å²) in [7, 11) is 0. The zero-order valence-corrected chi connectivity index (χ0v) is 13.2. The van der Waals surface area contributed by atoms with Gasteiger partial charge in [0.2, 0.25) is 0 Å². The number of hydrogen-bond acceptors (Lipinski definition) is 4. The fourth-order valence-corrected chi connectivity index (χ4v) is 2.70. The van der Waals surface area contributed by atoms with Crippen molar-refractivity contribution in [1.29, 1.82) is 0 Å². The van der Waals surface area contributed by atoms with Gasteiger partial charge in [0, 0.05) is 13.1 Å². The summed E-state index contributed by atoms with van der Waals surface area (Å²) in [5, 5.41) is 2.92. The lowest BCUT2D eigenvalue weighted by atomic mass is 10.4. The van der Waals surface area contributed by atoms with Crippen LogP contribution in [0.15, 0.2) is 16.5 Å². The summed E-state index contributed by atoms with van der Waals surface area (Å²) >= 11 is 0. The van der Waals surface area contributed by atoms with Gasteiger partial charge in [-0.05, 0) is 51.2 Å². The molecule has 0 bridgehead atoms. The normalized spacial score (nSPS) is 15.8. The molecule has 1 N–H and O–H groups in total. The minimum atomic E-state index is -0.116. The minimum Gasteiger partial charge on any atom is -0.455 e. The lowest BCUT2D eigenvalue weighted by molar-refractivity contribution is 0.0917. The lowest BCUT2D eigenvalue weighted by Gasteiger charge is -2.17. The first kappa shape index (κ1) is 16.0. The average Bonchev–Trinajstić information content (AvgIpc) is 3.16. The van der Waals surface area contributed by atoms with Crippen LogP contribution in [0.2, 0.25) is 0 Å². The van der Waals surface area contributed by atoms with Gasteiger partial charge >= 0.3 is 0 Å². The third-order valence-corrected chi connectivity index (χ3v) is 4.07. The third kappa shape index (κ3) is 4.86. The molecule has 1 aromatic heterocycles. The van der Waals surface area contributed by atoms with E-state index in [1.54, 1.807) is 6.07 Å². The van der Waals surface area contributed by atoms with Crippen LogP contribution in [-0.4, -0.2) is 55.0 Å². The molecule has 118 valence electrons. The molecule has 21 heavy (non-hydrogen) atoms. The SMILES string of the molecule is CCN(CC)CCNC(=O)c1ccc(CN2CCCC2)o1. The van der Waals surface area contributed by atoms with Crippen LogP contribution < -0.4 is 5.32 Å². The van der Waals surface area contributed by atoms with Crippen LogP contribution in [-0.2, 0) is 6.54 Å². The summed E-state index contributed by atoms with van der Waals surface area (Å²) < 4.78 is 5.65. The lowest BCUT2D eigenvalue weighted by Crippen LogP contribution is -2.34. The molecule has 1 aromatic rings. The van der Waals surface area contributed by atoms with E-state index >= 15 is 0 Å². The highest BCUT2D eigenvalue weighted by molar-refractivity contribution is 5.91. The molecular weight excluding hydrogens is 266 g/mol. The topological polar surface area (TPSA) is 48.7 Å². The summed E-state index contributed by atoms with van der Waals surface area (Å²) in [5.41, 5.74) is 0. The van der Waals surface area contributed by atoms with Crippen LogP contribution >= 0.6 is 0 Å². The van der Waals surface area contributed by atoms with Crippen LogP contribution in [0.5, 0.6) is 0 Å². The Morgan fingerprint density at radius 3 is 2.67 bits per heavy atom. The second-order valence-corrected chi connectivity index (χ2v) is 5.53. The number of nitrogens with one attached hydrogen (secondary N) is 1. The van der Waals surface area contributed by atoms with Gasteiger partial charge in [0.25, 0.3) is 5.91 Å². The van der Waals surface area contributed by atoms with Crippen molar-refractivity contribution in [2.45, 2.75) is 33.2 Å². The fourth-order valence-electron chi connectivity index (χ4n) is 2.70. The quantitative estimate of drug-likeness (QED) is 0.796. The summed E-state index contributed by atoms with van der Waals surface area (Å²) in [6.07, 6.45) is 2.53. The van der Waals surface area contributed by atoms with E-state index in [0.717, 1.165) is 45.0 Å². The smallest absolute Gasteiger partial charge is 0.287 e. The maximum absolute atomic E-state index is 12.0. The van der Waals surface area contributed by atoms with Gasteiger partial charge in [-0.15, -0.1) is 0 Å². The third-order valence-electron chi connectivity index (χ3n) is 4.07. The summed E-state index contributed by atoms with van der Waals surface area (Å²) in [6, 6.07) is 3.69. The Morgan fingerprint density at radius 2 is 2.00 bits per heavy atom. The Kier molecular flexibility index (Phi) is 6.26. The van der Waals surface area contributed by atoms with Gasteiger partial charge in [-0.3, -0.25) is 9.69 Å². The van der Waals surface area contributed by atoms with Crippen molar-refractivity contribution in [3.63, 3.8) is 0 Å². The largest absolute Gasteiger partial charge is 0.455 e. The van der Waals surface area contributed by atoms with Crippen LogP contribution in [0.1, 0.15) is 43.0 Å². The molecule has 0 atom stereocenters. The van der Waals surface area contributed by atoms with Crippen molar-refractivity contribution < 1.29 is 9.21 Å². The van der Waals surface area contributed by atoms with E-state index in [0.29, 0.717) is 12.3 Å². The number of furan rings is 1. The molecule has 0 unspecified atom stereocenters. The number of hydrogen-bond donors (Lipinski definition) is 1. The molecule has 0 saturated carbocycles. The maximum Gasteiger partial charge on any atom is 0.287 e. The number of likely N-dealkylation sites (N-methyl/N-ethyl adjacent to an activating group) is 1.